The van der Waals surface area contributed by atoms with Crippen molar-refractivity contribution in [2.75, 3.05) is 24.6 Å². The van der Waals surface area contributed by atoms with Crippen LogP contribution in [-0.4, -0.2) is 62.5 Å². The molecule has 2 N–H and O–H groups in total. The van der Waals surface area contributed by atoms with Crippen LogP contribution in [-0.2, 0) is 15.6 Å². The third-order valence-electron chi connectivity index (χ3n) is 2.82. The van der Waals surface area contributed by atoms with Crippen LogP contribution >= 0.6 is 0 Å². The number of aliphatic carboxylic acids is 1. The lowest BCUT2D eigenvalue weighted by Gasteiger charge is -2.33. The summed E-state index contributed by atoms with van der Waals surface area (Å²) in [6.07, 6.45) is -5.12. The van der Waals surface area contributed by atoms with Crippen molar-refractivity contribution in [3.05, 3.63) is 0 Å². The summed E-state index contributed by atoms with van der Waals surface area (Å²) in [4.78, 5) is 23.4. The minimum absolute atomic E-state index is 0.0337. The maximum atomic E-state index is 12.7. The first-order valence-electron chi connectivity index (χ1n) is 5.30. The molecule has 0 spiro atoms. The van der Waals surface area contributed by atoms with Crippen LogP contribution < -0.4 is 5.32 Å². The number of nitrogens with zero attached hydrogens (tertiary/aromatic N) is 1. The Bertz CT molecular complexity index is 405. The second-order valence-corrected chi connectivity index (χ2v) is 5.89. The molecule has 0 aliphatic carbocycles. The first-order chi connectivity index (χ1) is 8.58. The Hall–Kier alpha value is -1.32. The highest BCUT2D eigenvalue weighted by Gasteiger charge is 2.58. The van der Waals surface area contributed by atoms with Crippen LogP contribution in [0.1, 0.15) is 6.92 Å². The van der Waals surface area contributed by atoms with Gasteiger partial charge in [0, 0.05) is 35.4 Å². The molecule has 1 fully saturated rings. The van der Waals surface area contributed by atoms with E-state index in [2.05, 4.69) is 0 Å². The SMILES string of the molecule is CC(NC(=O)N1CCS(=O)CC1)(C(=O)O)C(F)(F)F. The van der Waals surface area contributed by atoms with E-state index in [0.29, 0.717) is 6.92 Å². The highest BCUT2D eigenvalue weighted by Crippen LogP contribution is 2.30. The Labute approximate surface area is 109 Å². The number of carboxylic acid groups (broad SMARTS) is 1. The van der Waals surface area contributed by atoms with E-state index in [1.165, 1.54) is 5.32 Å². The van der Waals surface area contributed by atoms with Gasteiger partial charge < -0.3 is 15.3 Å². The zero-order valence-electron chi connectivity index (χ0n) is 9.99. The van der Waals surface area contributed by atoms with Crippen LogP contribution in [0.25, 0.3) is 0 Å². The second kappa shape index (κ2) is 5.35. The minimum atomic E-state index is -5.12. The Balaban J connectivity index is 2.78. The number of carbonyl (C=O) groups excluding carboxylic acids is 1. The number of hydrogen-bond acceptors (Lipinski definition) is 3. The van der Waals surface area contributed by atoms with E-state index in [-0.39, 0.29) is 24.6 Å². The summed E-state index contributed by atoms with van der Waals surface area (Å²) >= 11 is 0. The molecule has 0 radical (unpaired) electrons. The summed E-state index contributed by atoms with van der Waals surface area (Å²) in [5, 5.41) is 10.1. The molecule has 110 valence electrons. The molecule has 1 aliphatic heterocycles. The van der Waals surface area contributed by atoms with E-state index in [0.717, 1.165) is 4.90 Å². The van der Waals surface area contributed by atoms with Gasteiger partial charge in [0.2, 0.25) is 5.54 Å². The summed E-state index contributed by atoms with van der Waals surface area (Å²) in [5.74, 6) is -1.85. The molecule has 1 unspecified atom stereocenters. The molecule has 0 aromatic carbocycles. The van der Waals surface area contributed by atoms with Gasteiger partial charge in [-0.3, -0.25) is 4.21 Å². The third-order valence-corrected chi connectivity index (χ3v) is 4.09. The van der Waals surface area contributed by atoms with Crippen molar-refractivity contribution in [1.29, 1.82) is 0 Å². The number of amides is 2. The van der Waals surface area contributed by atoms with Gasteiger partial charge in [-0.25, -0.2) is 9.59 Å². The van der Waals surface area contributed by atoms with Gasteiger partial charge in [-0.1, -0.05) is 0 Å². The van der Waals surface area contributed by atoms with E-state index in [9.17, 15) is 27.0 Å². The van der Waals surface area contributed by atoms with Crippen molar-refractivity contribution < 1.29 is 32.1 Å². The van der Waals surface area contributed by atoms with Crippen molar-refractivity contribution in [3.8, 4) is 0 Å². The highest BCUT2D eigenvalue weighted by molar-refractivity contribution is 7.85. The van der Waals surface area contributed by atoms with Gasteiger partial charge in [0.25, 0.3) is 0 Å². The average molecular weight is 302 g/mol. The zero-order chi connectivity index (χ0) is 14.8. The number of carbonyl (C=O) groups is 2. The molecule has 6 nitrogen and oxygen atoms in total. The van der Waals surface area contributed by atoms with Gasteiger partial charge in [0.15, 0.2) is 0 Å². The summed E-state index contributed by atoms with van der Waals surface area (Å²) in [6.45, 7) is 0.452. The molecular formula is C9H13F3N2O4S. The molecule has 0 aromatic heterocycles. The van der Waals surface area contributed by atoms with Crippen LogP contribution in [0.15, 0.2) is 0 Å². The van der Waals surface area contributed by atoms with Crippen molar-refractivity contribution in [2.45, 2.75) is 18.6 Å². The molecule has 2 amide bonds. The van der Waals surface area contributed by atoms with Crippen LogP contribution in [0, 0.1) is 0 Å². The number of rotatable bonds is 2. The van der Waals surface area contributed by atoms with Gasteiger partial charge in [0.1, 0.15) is 0 Å². The molecule has 0 bridgehead atoms. The maximum Gasteiger partial charge on any atom is 0.422 e. The summed E-state index contributed by atoms with van der Waals surface area (Å²) in [6, 6.07) is -1.13. The lowest BCUT2D eigenvalue weighted by Crippen LogP contribution is -2.64. The lowest BCUT2D eigenvalue weighted by molar-refractivity contribution is -0.203. The van der Waals surface area contributed by atoms with Crippen molar-refractivity contribution in [3.63, 3.8) is 0 Å². The van der Waals surface area contributed by atoms with E-state index < -0.39 is 34.5 Å². The Kier molecular flexibility index (Phi) is 4.43. The maximum absolute atomic E-state index is 12.7. The summed E-state index contributed by atoms with van der Waals surface area (Å²) in [7, 11) is -1.09. The van der Waals surface area contributed by atoms with E-state index in [4.69, 9.17) is 5.11 Å². The van der Waals surface area contributed by atoms with Gasteiger partial charge in [-0.15, -0.1) is 0 Å². The Morgan fingerprint density at radius 3 is 2.11 bits per heavy atom. The van der Waals surface area contributed by atoms with Gasteiger partial charge in [0.05, 0.1) is 0 Å². The number of hydrogen-bond donors (Lipinski definition) is 2. The third kappa shape index (κ3) is 3.37. The van der Waals surface area contributed by atoms with Crippen LogP contribution in [0.4, 0.5) is 18.0 Å². The monoisotopic (exact) mass is 302 g/mol. The fraction of sp³-hybridized carbons (Fsp3) is 0.778. The smallest absolute Gasteiger partial charge is 0.422 e. The topological polar surface area (TPSA) is 86.7 Å². The molecule has 1 heterocycles. The molecule has 0 saturated carbocycles. The number of halogens is 3. The molecule has 1 rings (SSSR count). The summed E-state index contributed by atoms with van der Waals surface area (Å²) in [5.41, 5.74) is -3.35. The molecule has 19 heavy (non-hydrogen) atoms. The summed E-state index contributed by atoms with van der Waals surface area (Å²) < 4.78 is 49.1. The van der Waals surface area contributed by atoms with Crippen LogP contribution in [0.2, 0.25) is 0 Å². The van der Waals surface area contributed by atoms with E-state index >= 15 is 0 Å². The first-order valence-corrected chi connectivity index (χ1v) is 6.79. The average Bonchev–Trinajstić information content (AvgIpc) is 2.27. The normalized spacial score (nSPS) is 20.7. The van der Waals surface area contributed by atoms with Crippen molar-refractivity contribution >= 4 is 22.8 Å². The number of nitrogens with one attached hydrogen (secondary N) is 1. The number of carboxylic acids is 1. The standard InChI is InChI=1S/C9H13F3N2O4S/c1-8(6(15)16,9(10,11)12)13-7(17)14-2-4-19(18)5-3-14/h2-5H2,1H3,(H,13,17)(H,15,16). The number of urea groups is 1. The zero-order valence-corrected chi connectivity index (χ0v) is 10.8. The number of alkyl halides is 3. The van der Waals surface area contributed by atoms with Gasteiger partial charge in [-0.2, -0.15) is 13.2 Å². The molecule has 1 saturated heterocycles. The quantitative estimate of drug-likeness (QED) is 0.761. The van der Waals surface area contributed by atoms with E-state index in [1.54, 1.807) is 0 Å². The molecular weight excluding hydrogens is 289 g/mol. The minimum Gasteiger partial charge on any atom is -0.479 e. The molecule has 1 atom stereocenters. The van der Waals surface area contributed by atoms with E-state index in [1.807, 2.05) is 0 Å². The van der Waals surface area contributed by atoms with Crippen LogP contribution in [0.5, 0.6) is 0 Å². The lowest BCUT2D eigenvalue weighted by atomic mass is 10.0. The van der Waals surface area contributed by atoms with Crippen molar-refractivity contribution in [1.82, 2.24) is 10.2 Å². The van der Waals surface area contributed by atoms with Gasteiger partial charge in [-0.05, 0) is 6.92 Å². The predicted octanol–water partition coefficient (Wildman–Crippen LogP) is 0.166. The predicted molar refractivity (Wildman–Crippen MR) is 60.1 cm³/mol. The van der Waals surface area contributed by atoms with Gasteiger partial charge >= 0.3 is 18.2 Å². The second-order valence-electron chi connectivity index (χ2n) is 4.19. The van der Waals surface area contributed by atoms with Crippen molar-refractivity contribution in [2.24, 2.45) is 0 Å². The largest absolute Gasteiger partial charge is 0.479 e. The fourth-order valence-electron chi connectivity index (χ4n) is 1.38. The molecule has 1 aliphatic rings. The highest BCUT2D eigenvalue weighted by atomic mass is 32.2. The van der Waals surface area contributed by atoms with Crippen LogP contribution in [0.3, 0.4) is 0 Å². The first kappa shape index (κ1) is 15.7. The molecule has 0 aromatic rings. The molecule has 10 heteroatoms. The Morgan fingerprint density at radius 2 is 1.74 bits per heavy atom. The fourth-order valence-corrected chi connectivity index (χ4v) is 2.43. The Morgan fingerprint density at radius 1 is 1.26 bits per heavy atom.